The van der Waals surface area contributed by atoms with Crippen LogP contribution in [0.4, 0.5) is 0 Å². The highest BCUT2D eigenvalue weighted by molar-refractivity contribution is 9.10. The van der Waals surface area contributed by atoms with E-state index in [4.69, 9.17) is 4.74 Å². The summed E-state index contributed by atoms with van der Waals surface area (Å²) in [5.74, 6) is -0.328. The molecule has 0 aromatic heterocycles. The zero-order valence-electron chi connectivity index (χ0n) is 9.40. The zero-order valence-corrected chi connectivity index (χ0v) is 11.0. The van der Waals surface area contributed by atoms with Crippen LogP contribution in [-0.2, 0) is 4.79 Å². The summed E-state index contributed by atoms with van der Waals surface area (Å²) in [6, 6.07) is 4.61. The first-order valence-electron chi connectivity index (χ1n) is 4.70. The maximum absolute atomic E-state index is 11.2. The smallest absolute Gasteiger partial charge is 0.325 e. The van der Waals surface area contributed by atoms with Gasteiger partial charge in [0.05, 0.1) is 7.11 Å². The highest BCUT2D eigenvalue weighted by Crippen LogP contribution is 2.31. The van der Waals surface area contributed by atoms with Crippen molar-refractivity contribution in [2.75, 3.05) is 21.2 Å². The Hall–Kier alpha value is -1.07. The summed E-state index contributed by atoms with van der Waals surface area (Å²) in [4.78, 5) is 12.8. The number of nitrogens with zero attached hydrogens (tertiary/aromatic N) is 1. The molecule has 0 heterocycles. The number of carbonyl (C=O) groups is 1. The summed E-state index contributed by atoms with van der Waals surface area (Å²) in [6.45, 7) is 0. The van der Waals surface area contributed by atoms with Crippen molar-refractivity contribution in [1.82, 2.24) is 4.90 Å². The van der Waals surface area contributed by atoms with Crippen LogP contribution >= 0.6 is 15.9 Å². The van der Waals surface area contributed by atoms with Crippen LogP contribution in [0.15, 0.2) is 22.7 Å². The van der Waals surface area contributed by atoms with Crippen molar-refractivity contribution in [3.05, 3.63) is 28.2 Å². The van der Waals surface area contributed by atoms with E-state index in [1.165, 1.54) is 7.11 Å². The van der Waals surface area contributed by atoms with E-state index in [1.54, 1.807) is 31.1 Å². The van der Waals surface area contributed by atoms with Gasteiger partial charge in [0.25, 0.3) is 0 Å². The van der Waals surface area contributed by atoms with Crippen LogP contribution in [0.2, 0.25) is 0 Å². The fraction of sp³-hybridized carbons (Fsp3) is 0.364. The fourth-order valence-corrected chi connectivity index (χ4v) is 1.93. The molecule has 1 aromatic carbocycles. The molecule has 1 aromatic rings. The number of methoxy groups -OCH3 is 1. The van der Waals surface area contributed by atoms with Crippen molar-refractivity contribution in [3.8, 4) is 5.75 Å². The summed E-state index contributed by atoms with van der Waals surface area (Å²) in [5.41, 5.74) is 0.634. The first kappa shape index (κ1) is 13.0. The topological polar surface area (TPSA) is 49.8 Å². The summed E-state index contributed by atoms with van der Waals surface area (Å²) < 4.78 is 6.00. The predicted molar refractivity (Wildman–Crippen MR) is 64.8 cm³/mol. The Balaban J connectivity index is 3.26. The molecule has 1 atom stereocenters. The molecular weight excluding hydrogens is 274 g/mol. The van der Waals surface area contributed by atoms with E-state index in [2.05, 4.69) is 15.9 Å². The maximum atomic E-state index is 11.2. The van der Waals surface area contributed by atoms with E-state index < -0.39 is 12.0 Å². The number of halogens is 1. The Kier molecular flexibility index (Phi) is 4.32. The van der Waals surface area contributed by atoms with Crippen molar-refractivity contribution in [3.63, 3.8) is 0 Å². The molecule has 0 aliphatic heterocycles. The second kappa shape index (κ2) is 5.32. The monoisotopic (exact) mass is 287 g/mol. The third-order valence-electron chi connectivity index (χ3n) is 2.24. The van der Waals surface area contributed by atoms with Crippen LogP contribution in [0.1, 0.15) is 11.6 Å². The quantitative estimate of drug-likeness (QED) is 0.922. The molecule has 0 aliphatic carbocycles. The number of likely N-dealkylation sites (N-methyl/N-ethyl adjacent to an activating group) is 1. The lowest BCUT2D eigenvalue weighted by atomic mass is 10.1. The number of benzene rings is 1. The van der Waals surface area contributed by atoms with Crippen LogP contribution in [0.5, 0.6) is 5.75 Å². The van der Waals surface area contributed by atoms with Crippen molar-refractivity contribution >= 4 is 21.9 Å². The highest BCUT2D eigenvalue weighted by Gasteiger charge is 2.25. The van der Waals surface area contributed by atoms with Crippen molar-refractivity contribution in [1.29, 1.82) is 0 Å². The van der Waals surface area contributed by atoms with Crippen LogP contribution in [0.3, 0.4) is 0 Å². The Morgan fingerprint density at radius 2 is 2.12 bits per heavy atom. The van der Waals surface area contributed by atoms with Gasteiger partial charge in [-0.15, -0.1) is 0 Å². The number of rotatable bonds is 4. The maximum Gasteiger partial charge on any atom is 0.325 e. The number of aliphatic carboxylic acids is 1. The van der Waals surface area contributed by atoms with Gasteiger partial charge in [-0.2, -0.15) is 0 Å². The van der Waals surface area contributed by atoms with Gasteiger partial charge in [-0.3, -0.25) is 9.69 Å². The number of ether oxygens (including phenoxy) is 1. The lowest BCUT2D eigenvalue weighted by Crippen LogP contribution is -2.27. The molecule has 88 valence electrons. The van der Waals surface area contributed by atoms with Gasteiger partial charge in [-0.1, -0.05) is 15.9 Å². The lowest BCUT2D eigenvalue weighted by Gasteiger charge is -2.22. The SMILES string of the molecule is COc1ccc(Br)cc1[C@H](C(=O)O)N(C)C. The Morgan fingerprint density at radius 1 is 1.50 bits per heavy atom. The molecule has 5 heteroatoms. The van der Waals surface area contributed by atoms with E-state index in [-0.39, 0.29) is 0 Å². The fourth-order valence-electron chi connectivity index (χ4n) is 1.55. The average Bonchev–Trinajstić information content (AvgIpc) is 2.17. The van der Waals surface area contributed by atoms with Crippen LogP contribution in [0.25, 0.3) is 0 Å². The van der Waals surface area contributed by atoms with Gasteiger partial charge in [0.15, 0.2) is 0 Å². The molecule has 0 spiro atoms. The van der Waals surface area contributed by atoms with Crippen LogP contribution in [0, 0.1) is 0 Å². The Morgan fingerprint density at radius 3 is 2.56 bits per heavy atom. The van der Waals surface area contributed by atoms with Gasteiger partial charge in [0.1, 0.15) is 11.8 Å². The molecule has 0 aliphatic rings. The van der Waals surface area contributed by atoms with E-state index in [9.17, 15) is 9.90 Å². The van der Waals surface area contributed by atoms with Gasteiger partial charge in [0.2, 0.25) is 0 Å². The first-order valence-corrected chi connectivity index (χ1v) is 5.49. The van der Waals surface area contributed by atoms with Crippen molar-refractivity contribution in [2.24, 2.45) is 0 Å². The van der Waals surface area contributed by atoms with E-state index in [0.717, 1.165) is 4.47 Å². The third-order valence-corrected chi connectivity index (χ3v) is 2.73. The molecule has 0 bridgehead atoms. The molecule has 16 heavy (non-hydrogen) atoms. The second-order valence-corrected chi connectivity index (χ2v) is 4.51. The second-order valence-electron chi connectivity index (χ2n) is 3.59. The standard InChI is InChI=1S/C11H14BrNO3/c1-13(2)10(11(14)15)8-6-7(12)4-5-9(8)16-3/h4-6,10H,1-3H3,(H,14,15)/t10-/m1/s1. The van der Waals surface area contributed by atoms with E-state index in [1.807, 2.05) is 6.07 Å². The molecule has 0 unspecified atom stereocenters. The Labute approximate surface area is 103 Å². The molecule has 0 amide bonds. The summed E-state index contributed by atoms with van der Waals surface area (Å²) in [6.07, 6.45) is 0. The summed E-state index contributed by atoms with van der Waals surface area (Å²) >= 11 is 3.33. The summed E-state index contributed by atoms with van der Waals surface area (Å²) in [5, 5.41) is 9.20. The Bertz CT molecular complexity index is 393. The van der Waals surface area contributed by atoms with Gasteiger partial charge in [-0.25, -0.2) is 0 Å². The molecule has 4 nitrogen and oxygen atoms in total. The van der Waals surface area contributed by atoms with Crippen LogP contribution in [-0.4, -0.2) is 37.2 Å². The van der Waals surface area contributed by atoms with E-state index in [0.29, 0.717) is 11.3 Å². The molecule has 1 rings (SSSR count). The molecule has 0 radical (unpaired) electrons. The average molecular weight is 288 g/mol. The molecule has 0 saturated carbocycles. The highest BCUT2D eigenvalue weighted by atomic mass is 79.9. The van der Waals surface area contributed by atoms with Gasteiger partial charge < -0.3 is 9.84 Å². The number of carboxylic acid groups (broad SMARTS) is 1. The first-order chi connectivity index (χ1) is 7.47. The van der Waals surface area contributed by atoms with E-state index >= 15 is 0 Å². The minimum absolute atomic E-state index is 0.573. The minimum atomic E-state index is -0.901. The van der Waals surface area contributed by atoms with Gasteiger partial charge >= 0.3 is 5.97 Å². The normalized spacial score (nSPS) is 12.6. The number of hydrogen-bond acceptors (Lipinski definition) is 3. The molecule has 0 saturated heterocycles. The minimum Gasteiger partial charge on any atom is -0.496 e. The van der Waals surface area contributed by atoms with Crippen LogP contribution < -0.4 is 4.74 Å². The number of carboxylic acids is 1. The lowest BCUT2D eigenvalue weighted by molar-refractivity contribution is -0.142. The largest absolute Gasteiger partial charge is 0.496 e. The third kappa shape index (κ3) is 2.74. The number of hydrogen-bond donors (Lipinski definition) is 1. The van der Waals surface area contributed by atoms with Gasteiger partial charge in [-0.05, 0) is 32.3 Å². The molecular formula is C11H14BrNO3. The summed E-state index contributed by atoms with van der Waals surface area (Å²) in [7, 11) is 4.97. The van der Waals surface area contributed by atoms with Crippen molar-refractivity contribution in [2.45, 2.75) is 6.04 Å². The predicted octanol–water partition coefficient (Wildman–Crippen LogP) is 2.14. The van der Waals surface area contributed by atoms with Crippen molar-refractivity contribution < 1.29 is 14.6 Å². The molecule has 0 fully saturated rings. The zero-order chi connectivity index (χ0) is 12.3. The van der Waals surface area contributed by atoms with Gasteiger partial charge in [0, 0.05) is 10.0 Å². The molecule has 1 N–H and O–H groups in total.